The molecule has 1 saturated heterocycles. The van der Waals surface area contributed by atoms with Gasteiger partial charge in [-0.1, -0.05) is 0 Å². The average Bonchev–Trinajstić information content (AvgIpc) is 2.83. The summed E-state index contributed by atoms with van der Waals surface area (Å²) in [5.74, 6) is 0. The molecule has 0 aliphatic carbocycles. The van der Waals surface area contributed by atoms with Crippen molar-refractivity contribution in [2.24, 2.45) is 0 Å². The SMILES string of the molecule is CC(C)(CC#N)n1cc(B2OC(C)(C)C(C)(C)O2)cn1. The van der Waals surface area contributed by atoms with Crippen molar-refractivity contribution in [3.63, 3.8) is 0 Å². The number of nitriles is 1. The number of nitrogens with zero attached hydrogens (tertiary/aromatic N) is 3. The van der Waals surface area contributed by atoms with E-state index in [0.717, 1.165) is 5.46 Å². The summed E-state index contributed by atoms with van der Waals surface area (Å²) in [6, 6.07) is 2.19. The summed E-state index contributed by atoms with van der Waals surface area (Å²) in [7, 11) is -0.411. The third-order valence-corrected chi connectivity index (χ3v) is 4.26. The van der Waals surface area contributed by atoms with Crippen molar-refractivity contribution < 1.29 is 9.31 Å². The molecule has 0 N–H and O–H groups in total. The molecule has 0 saturated carbocycles. The zero-order valence-electron chi connectivity index (χ0n) is 13.1. The lowest BCUT2D eigenvalue weighted by molar-refractivity contribution is 0.00578. The number of hydrogen-bond donors (Lipinski definition) is 0. The van der Waals surface area contributed by atoms with Crippen LogP contribution in [0.25, 0.3) is 0 Å². The first kappa shape index (κ1) is 15.1. The standard InChI is InChI=1S/C14H22BN3O2/c1-12(2,7-8-16)18-10-11(9-17-18)15-19-13(3,4)14(5,6)20-15/h9-10H,7H2,1-6H3. The fourth-order valence-corrected chi connectivity index (χ4v) is 2.04. The monoisotopic (exact) mass is 275 g/mol. The van der Waals surface area contributed by atoms with Crippen molar-refractivity contribution in [1.82, 2.24) is 9.78 Å². The Morgan fingerprint density at radius 3 is 2.35 bits per heavy atom. The first-order chi connectivity index (χ1) is 9.09. The molecular formula is C14H22BN3O2. The summed E-state index contributed by atoms with van der Waals surface area (Å²) in [5.41, 5.74) is -0.171. The van der Waals surface area contributed by atoms with Crippen molar-refractivity contribution in [2.45, 2.75) is 64.7 Å². The highest BCUT2D eigenvalue weighted by Crippen LogP contribution is 2.36. The van der Waals surface area contributed by atoms with Gasteiger partial charge in [0.1, 0.15) is 0 Å². The van der Waals surface area contributed by atoms with Crippen LogP contribution < -0.4 is 5.46 Å². The van der Waals surface area contributed by atoms with Crippen LogP contribution in [0.4, 0.5) is 0 Å². The van der Waals surface area contributed by atoms with Crippen LogP contribution in [-0.4, -0.2) is 28.1 Å². The highest BCUT2D eigenvalue weighted by molar-refractivity contribution is 6.62. The van der Waals surface area contributed by atoms with Gasteiger partial charge in [0.05, 0.1) is 29.2 Å². The maximum Gasteiger partial charge on any atom is 0.498 e. The summed E-state index contributed by atoms with van der Waals surface area (Å²) in [6.45, 7) is 12.1. The second-order valence-corrected chi connectivity index (χ2v) is 6.95. The molecule has 0 spiro atoms. The van der Waals surface area contributed by atoms with Gasteiger partial charge in [-0.2, -0.15) is 10.4 Å². The maximum absolute atomic E-state index is 8.88. The zero-order valence-corrected chi connectivity index (χ0v) is 13.1. The van der Waals surface area contributed by atoms with E-state index in [1.807, 2.05) is 47.7 Å². The molecule has 0 amide bonds. The van der Waals surface area contributed by atoms with Gasteiger partial charge in [-0.3, -0.25) is 4.68 Å². The average molecular weight is 275 g/mol. The molecular weight excluding hydrogens is 253 g/mol. The van der Waals surface area contributed by atoms with E-state index in [2.05, 4.69) is 11.2 Å². The quantitative estimate of drug-likeness (QED) is 0.790. The highest BCUT2D eigenvalue weighted by Gasteiger charge is 2.52. The minimum absolute atomic E-state index is 0.337. The van der Waals surface area contributed by atoms with E-state index in [4.69, 9.17) is 14.6 Å². The van der Waals surface area contributed by atoms with Crippen LogP contribution in [0.1, 0.15) is 48.0 Å². The Morgan fingerprint density at radius 1 is 1.30 bits per heavy atom. The van der Waals surface area contributed by atoms with Crippen LogP contribution in [0, 0.1) is 11.3 Å². The van der Waals surface area contributed by atoms with E-state index >= 15 is 0 Å². The molecule has 5 nitrogen and oxygen atoms in total. The largest absolute Gasteiger partial charge is 0.498 e. The summed E-state index contributed by atoms with van der Waals surface area (Å²) >= 11 is 0. The highest BCUT2D eigenvalue weighted by atomic mass is 16.7. The van der Waals surface area contributed by atoms with Crippen molar-refractivity contribution in [3.8, 4) is 6.07 Å². The van der Waals surface area contributed by atoms with Gasteiger partial charge < -0.3 is 9.31 Å². The number of aromatic nitrogens is 2. The first-order valence-corrected chi connectivity index (χ1v) is 6.87. The van der Waals surface area contributed by atoms with Crippen LogP contribution in [0.15, 0.2) is 12.4 Å². The summed E-state index contributed by atoms with van der Waals surface area (Å²) in [6.07, 6.45) is 4.05. The molecule has 2 rings (SSSR count). The minimum atomic E-state index is -0.411. The van der Waals surface area contributed by atoms with Gasteiger partial charge in [0.15, 0.2) is 0 Å². The van der Waals surface area contributed by atoms with Gasteiger partial charge in [-0.25, -0.2) is 0 Å². The molecule has 20 heavy (non-hydrogen) atoms. The zero-order chi connectivity index (χ0) is 15.2. The normalized spacial score (nSPS) is 20.9. The van der Waals surface area contributed by atoms with Crippen molar-refractivity contribution in [2.75, 3.05) is 0 Å². The first-order valence-electron chi connectivity index (χ1n) is 6.87. The van der Waals surface area contributed by atoms with Gasteiger partial charge >= 0.3 is 7.12 Å². The lowest BCUT2D eigenvalue weighted by atomic mass is 9.82. The maximum atomic E-state index is 8.88. The van der Waals surface area contributed by atoms with Crippen LogP contribution >= 0.6 is 0 Å². The molecule has 6 heteroatoms. The fourth-order valence-electron chi connectivity index (χ4n) is 2.04. The Labute approximate surface area is 121 Å². The smallest absolute Gasteiger partial charge is 0.399 e. The van der Waals surface area contributed by atoms with Gasteiger partial charge in [-0.05, 0) is 41.5 Å². The molecule has 1 aromatic rings. The van der Waals surface area contributed by atoms with E-state index in [9.17, 15) is 0 Å². The molecule has 0 radical (unpaired) electrons. The predicted molar refractivity (Wildman–Crippen MR) is 77.5 cm³/mol. The Kier molecular flexibility index (Phi) is 3.48. The second kappa shape index (κ2) is 4.61. The van der Waals surface area contributed by atoms with Crippen LogP contribution in [0.3, 0.4) is 0 Å². The van der Waals surface area contributed by atoms with Crippen molar-refractivity contribution in [1.29, 1.82) is 5.26 Å². The predicted octanol–water partition coefficient (Wildman–Crippen LogP) is 1.83. The van der Waals surface area contributed by atoms with Crippen LogP contribution in [0.5, 0.6) is 0 Å². The molecule has 0 bridgehead atoms. The lowest BCUT2D eigenvalue weighted by Gasteiger charge is -2.32. The van der Waals surface area contributed by atoms with E-state index in [-0.39, 0.29) is 16.7 Å². The molecule has 1 aliphatic rings. The molecule has 1 fully saturated rings. The van der Waals surface area contributed by atoms with Crippen molar-refractivity contribution in [3.05, 3.63) is 12.4 Å². The van der Waals surface area contributed by atoms with Crippen LogP contribution in [0.2, 0.25) is 0 Å². The van der Waals surface area contributed by atoms with Gasteiger partial charge in [-0.15, -0.1) is 0 Å². The Hall–Kier alpha value is -1.32. The fraction of sp³-hybridized carbons (Fsp3) is 0.714. The number of hydrogen-bond acceptors (Lipinski definition) is 4. The Balaban J connectivity index is 2.22. The molecule has 0 atom stereocenters. The lowest BCUT2D eigenvalue weighted by Crippen LogP contribution is -2.41. The van der Waals surface area contributed by atoms with E-state index in [1.54, 1.807) is 10.9 Å². The van der Waals surface area contributed by atoms with E-state index < -0.39 is 7.12 Å². The molecule has 2 heterocycles. The van der Waals surface area contributed by atoms with Gasteiger partial charge in [0.2, 0.25) is 0 Å². The molecule has 108 valence electrons. The molecule has 0 aromatic carbocycles. The van der Waals surface area contributed by atoms with E-state index in [0.29, 0.717) is 6.42 Å². The third kappa shape index (κ3) is 2.48. The number of rotatable bonds is 3. The summed E-state index contributed by atoms with van der Waals surface area (Å²) in [5, 5.41) is 13.2. The Bertz CT molecular complexity index is 527. The Morgan fingerprint density at radius 2 is 1.85 bits per heavy atom. The molecule has 1 aromatic heterocycles. The molecule has 1 aliphatic heterocycles. The minimum Gasteiger partial charge on any atom is -0.399 e. The van der Waals surface area contributed by atoms with Gasteiger partial charge in [0, 0.05) is 17.9 Å². The summed E-state index contributed by atoms with van der Waals surface area (Å²) in [4.78, 5) is 0. The third-order valence-electron chi connectivity index (χ3n) is 4.26. The van der Waals surface area contributed by atoms with Gasteiger partial charge in [0.25, 0.3) is 0 Å². The molecule has 0 unspecified atom stereocenters. The van der Waals surface area contributed by atoms with E-state index in [1.165, 1.54) is 0 Å². The summed E-state index contributed by atoms with van der Waals surface area (Å²) < 4.78 is 13.8. The van der Waals surface area contributed by atoms with Crippen molar-refractivity contribution >= 4 is 12.6 Å². The topological polar surface area (TPSA) is 60.1 Å². The second-order valence-electron chi connectivity index (χ2n) is 6.95. The van der Waals surface area contributed by atoms with Crippen LogP contribution in [-0.2, 0) is 14.8 Å².